The van der Waals surface area contributed by atoms with Gasteiger partial charge in [-0.25, -0.2) is 0 Å². The summed E-state index contributed by atoms with van der Waals surface area (Å²) in [5.41, 5.74) is 1.36. The molecule has 7 rings (SSSR count). The fraction of sp³-hybridized carbons (Fsp3) is 0.605. The predicted molar refractivity (Wildman–Crippen MR) is 170 cm³/mol. The van der Waals surface area contributed by atoms with Gasteiger partial charge in [-0.2, -0.15) is 0 Å². The van der Waals surface area contributed by atoms with E-state index >= 15 is 0 Å². The summed E-state index contributed by atoms with van der Waals surface area (Å²) in [6.45, 7) is 8.27. The molecule has 0 spiro atoms. The topological polar surface area (TPSA) is 77.9 Å². The van der Waals surface area contributed by atoms with Crippen LogP contribution >= 0.6 is 0 Å². The summed E-state index contributed by atoms with van der Waals surface area (Å²) in [6, 6.07) is 16.2. The number of β-amino-alcohol motifs (C(OH)–C–C–N with tert-alkyl or cyclic N) is 1. The molecule has 44 heavy (non-hydrogen) atoms. The van der Waals surface area contributed by atoms with Gasteiger partial charge < -0.3 is 10.0 Å². The summed E-state index contributed by atoms with van der Waals surface area (Å²) in [5.74, 6) is 2.96. The second kappa shape index (κ2) is 11.2. The summed E-state index contributed by atoms with van der Waals surface area (Å²) in [6.07, 6.45) is 9.31. The molecule has 5 fully saturated rings. The monoisotopic (exact) mass is 596 g/mol. The summed E-state index contributed by atoms with van der Waals surface area (Å²) < 4.78 is 0. The fourth-order valence-corrected chi connectivity index (χ4v) is 10.5. The number of nitrogens with zero attached hydrogens (tertiary/aromatic N) is 2. The quantitative estimate of drug-likeness (QED) is 0.428. The Kier molecular flexibility index (Phi) is 7.60. The molecule has 6 heteroatoms. The number of carbonyl (C=O) groups is 3. The van der Waals surface area contributed by atoms with Crippen molar-refractivity contribution in [1.29, 1.82) is 0 Å². The number of rotatable bonds is 5. The zero-order chi connectivity index (χ0) is 30.7. The van der Waals surface area contributed by atoms with Gasteiger partial charge in [0.1, 0.15) is 5.78 Å². The number of hydrogen-bond acceptors (Lipinski definition) is 5. The Morgan fingerprint density at radius 3 is 2.20 bits per heavy atom. The van der Waals surface area contributed by atoms with Crippen LogP contribution in [-0.2, 0) is 4.79 Å². The molecule has 0 bridgehead atoms. The van der Waals surface area contributed by atoms with Crippen LogP contribution in [0.2, 0.25) is 0 Å². The zero-order valence-corrected chi connectivity index (χ0v) is 26.5. The molecule has 1 amide bonds. The first-order valence-corrected chi connectivity index (χ1v) is 17.1. The van der Waals surface area contributed by atoms with E-state index in [1.54, 1.807) is 36.4 Å². The number of amides is 1. The van der Waals surface area contributed by atoms with E-state index in [4.69, 9.17) is 0 Å². The van der Waals surface area contributed by atoms with E-state index in [0.29, 0.717) is 65.8 Å². The second-order valence-corrected chi connectivity index (χ2v) is 15.3. The summed E-state index contributed by atoms with van der Waals surface area (Å²) in [4.78, 5) is 43.1. The molecular weight excluding hydrogens is 548 g/mol. The third kappa shape index (κ3) is 5.06. The average molecular weight is 597 g/mol. The van der Waals surface area contributed by atoms with Crippen molar-refractivity contribution in [3.05, 3.63) is 71.3 Å². The Bertz CT molecular complexity index is 1420. The van der Waals surface area contributed by atoms with Crippen molar-refractivity contribution in [2.75, 3.05) is 32.7 Å². The fourth-order valence-electron chi connectivity index (χ4n) is 10.5. The lowest BCUT2D eigenvalue weighted by Gasteiger charge is -2.61. The van der Waals surface area contributed by atoms with Crippen molar-refractivity contribution in [2.45, 2.75) is 77.2 Å². The van der Waals surface area contributed by atoms with Crippen molar-refractivity contribution < 1.29 is 19.5 Å². The minimum absolute atomic E-state index is 0.000178. The first-order valence-electron chi connectivity index (χ1n) is 17.1. The molecule has 6 nitrogen and oxygen atoms in total. The van der Waals surface area contributed by atoms with Crippen molar-refractivity contribution in [3.63, 3.8) is 0 Å². The minimum Gasteiger partial charge on any atom is -0.389 e. The van der Waals surface area contributed by atoms with Gasteiger partial charge in [0.05, 0.1) is 5.60 Å². The highest BCUT2D eigenvalue weighted by Crippen LogP contribution is 2.66. The van der Waals surface area contributed by atoms with Crippen molar-refractivity contribution >= 4 is 17.5 Å². The Balaban J connectivity index is 0.931. The summed E-state index contributed by atoms with van der Waals surface area (Å²) >= 11 is 0. The number of hydrogen-bond donors (Lipinski definition) is 1. The van der Waals surface area contributed by atoms with E-state index in [0.717, 1.165) is 51.6 Å². The molecule has 0 aromatic heterocycles. The van der Waals surface area contributed by atoms with Crippen LogP contribution < -0.4 is 0 Å². The summed E-state index contributed by atoms with van der Waals surface area (Å²) in [7, 11) is 0. The maximum atomic E-state index is 13.3. The Morgan fingerprint density at radius 1 is 0.795 bits per heavy atom. The molecule has 0 radical (unpaired) electrons. The van der Waals surface area contributed by atoms with Crippen molar-refractivity contribution in [1.82, 2.24) is 9.80 Å². The first kappa shape index (κ1) is 29.9. The average Bonchev–Trinajstić information content (AvgIpc) is 3.35. The lowest BCUT2D eigenvalue weighted by molar-refractivity contribution is -0.157. The number of fused-ring (bicyclic) bond motifs is 5. The molecule has 2 aromatic carbocycles. The van der Waals surface area contributed by atoms with Crippen LogP contribution in [0.25, 0.3) is 0 Å². The zero-order valence-electron chi connectivity index (χ0n) is 26.5. The number of carbonyl (C=O) groups excluding carboxylic acids is 3. The van der Waals surface area contributed by atoms with Crippen LogP contribution in [0, 0.1) is 34.5 Å². The van der Waals surface area contributed by atoms with Gasteiger partial charge in [0, 0.05) is 61.2 Å². The van der Waals surface area contributed by atoms with Gasteiger partial charge in [0.2, 0.25) is 0 Å². The normalized spacial score (nSPS) is 37.2. The number of piperazine rings is 1. The molecule has 7 atom stereocenters. The molecule has 0 unspecified atom stereocenters. The largest absolute Gasteiger partial charge is 0.389 e. The standard InChI is InChI=1S/C38H48N2O4/c1-36-18-19-38(44,24-29(36)12-13-30-31-14-15-33(41)37(31,2)17-16-32(30)36)25-39-20-22-40(23-21-39)35(43)28-10-8-27(9-11-28)34(42)26-6-4-3-5-7-26/h3-11,29-32,44H,12-25H2,1-2H3/t29-,30-,31-,32-,36-,37-,38+/m0/s1. The molecule has 1 heterocycles. The molecule has 1 saturated heterocycles. The van der Waals surface area contributed by atoms with E-state index in [-0.39, 0.29) is 22.5 Å². The Morgan fingerprint density at radius 2 is 1.48 bits per heavy atom. The Labute approximate surface area is 262 Å². The molecular formula is C38H48N2O4. The van der Waals surface area contributed by atoms with Gasteiger partial charge >= 0.3 is 0 Å². The van der Waals surface area contributed by atoms with E-state index < -0.39 is 5.60 Å². The highest BCUT2D eigenvalue weighted by atomic mass is 16.3. The molecule has 1 aliphatic heterocycles. The maximum absolute atomic E-state index is 13.3. The molecule has 234 valence electrons. The van der Waals surface area contributed by atoms with Gasteiger partial charge in [-0.05, 0) is 92.6 Å². The van der Waals surface area contributed by atoms with Crippen LogP contribution in [-0.4, -0.2) is 70.7 Å². The second-order valence-electron chi connectivity index (χ2n) is 15.3. The predicted octanol–water partition coefficient (Wildman–Crippen LogP) is 6.02. The van der Waals surface area contributed by atoms with Crippen LogP contribution in [0.3, 0.4) is 0 Å². The molecule has 4 saturated carbocycles. The lowest BCUT2D eigenvalue weighted by atomic mass is 9.44. The number of benzene rings is 2. The van der Waals surface area contributed by atoms with Crippen LogP contribution in [0.1, 0.15) is 97.9 Å². The van der Waals surface area contributed by atoms with Gasteiger partial charge in [0.15, 0.2) is 5.78 Å². The van der Waals surface area contributed by atoms with Gasteiger partial charge in [0.25, 0.3) is 5.91 Å². The maximum Gasteiger partial charge on any atom is 0.253 e. The number of ketones is 2. The highest BCUT2D eigenvalue weighted by molar-refractivity contribution is 6.09. The molecule has 2 aromatic rings. The van der Waals surface area contributed by atoms with Crippen LogP contribution in [0.4, 0.5) is 0 Å². The first-order chi connectivity index (χ1) is 21.1. The van der Waals surface area contributed by atoms with Crippen molar-refractivity contribution in [2.24, 2.45) is 34.5 Å². The van der Waals surface area contributed by atoms with E-state index in [1.807, 2.05) is 23.1 Å². The Hall–Kier alpha value is -2.83. The molecule has 5 aliphatic rings. The lowest BCUT2D eigenvalue weighted by Crippen LogP contribution is -2.59. The van der Waals surface area contributed by atoms with Gasteiger partial charge in [-0.3, -0.25) is 19.3 Å². The van der Waals surface area contributed by atoms with Gasteiger partial charge in [-0.1, -0.05) is 56.3 Å². The van der Waals surface area contributed by atoms with E-state index in [1.165, 1.54) is 19.3 Å². The highest BCUT2D eigenvalue weighted by Gasteiger charge is 2.61. The number of Topliss-reactive ketones (excluding diaryl/α,β-unsaturated/α-hetero) is 1. The summed E-state index contributed by atoms with van der Waals surface area (Å²) in [5, 5.41) is 11.9. The number of aliphatic hydroxyl groups is 1. The van der Waals surface area contributed by atoms with E-state index in [2.05, 4.69) is 18.7 Å². The van der Waals surface area contributed by atoms with Gasteiger partial charge in [-0.15, -0.1) is 0 Å². The van der Waals surface area contributed by atoms with Crippen LogP contribution in [0.15, 0.2) is 54.6 Å². The smallest absolute Gasteiger partial charge is 0.253 e. The van der Waals surface area contributed by atoms with E-state index in [9.17, 15) is 19.5 Å². The third-order valence-electron chi connectivity index (χ3n) is 13.1. The third-order valence-corrected chi connectivity index (χ3v) is 13.1. The minimum atomic E-state index is -0.670. The van der Waals surface area contributed by atoms with Crippen LogP contribution in [0.5, 0.6) is 0 Å². The molecule has 4 aliphatic carbocycles. The SMILES string of the molecule is C[C@]12CC[C@](O)(CN3CCN(C(=O)c4ccc(C(=O)c5ccccc5)cc4)CC3)C[C@@H]1CC[C@@H]1[C@@H]2CC[C@]2(C)C(=O)CC[C@@H]12. The molecule has 1 N–H and O–H groups in total. The van der Waals surface area contributed by atoms with Crippen molar-refractivity contribution in [3.8, 4) is 0 Å².